The Morgan fingerprint density at radius 3 is 2.19 bits per heavy atom. The van der Waals surface area contributed by atoms with Crippen molar-refractivity contribution in [3.05, 3.63) is 29.8 Å². The van der Waals surface area contributed by atoms with Crippen molar-refractivity contribution in [2.75, 3.05) is 37.7 Å². The normalized spacial score (nSPS) is 19.8. The van der Waals surface area contributed by atoms with Crippen LogP contribution in [0.25, 0.3) is 0 Å². The first-order chi connectivity index (χ1) is 12.3. The molecule has 1 aromatic carbocycles. The number of rotatable bonds is 4. The number of aliphatic imine (C=N–C) groups is 1. The van der Waals surface area contributed by atoms with E-state index in [0.29, 0.717) is 25.0 Å². The molecule has 3 N–H and O–H groups in total. The summed E-state index contributed by atoms with van der Waals surface area (Å²) < 4.78 is 0. The van der Waals surface area contributed by atoms with Crippen molar-refractivity contribution < 1.29 is 5.11 Å². The van der Waals surface area contributed by atoms with Crippen LogP contribution in [-0.2, 0) is 6.54 Å². The highest BCUT2D eigenvalue weighted by Crippen LogP contribution is 2.23. The first-order valence-corrected chi connectivity index (χ1v) is 9.76. The molecule has 0 atom stereocenters. The molecule has 5 nitrogen and oxygen atoms in total. The average molecular weight is 472 g/mol. The summed E-state index contributed by atoms with van der Waals surface area (Å²) in [6.07, 6.45) is 7.21. The fourth-order valence-corrected chi connectivity index (χ4v) is 3.76. The minimum absolute atomic E-state index is 0. The number of benzene rings is 1. The van der Waals surface area contributed by atoms with Crippen molar-refractivity contribution in [1.29, 1.82) is 0 Å². The lowest BCUT2D eigenvalue weighted by atomic mass is 9.97. The molecule has 6 heteroatoms. The van der Waals surface area contributed by atoms with Crippen LogP contribution in [0.2, 0.25) is 0 Å². The molecule has 2 aliphatic heterocycles. The number of nitrogens with two attached hydrogens (primary N) is 1. The van der Waals surface area contributed by atoms with Gasteiger partial charge in [0, 0.05) is 38.5 Å². The Morgan fingerprint density at radius 1 is 1.00 bits per heavy atom. The molecule has 2 heterocycles. The van der Waals surface area contributed by atoms with Gasteiger partial charge in [0.25, 0.3) is 0 Å². The standard InChI is InChI=1S/C20H32N4O.HI/c21-20(24-11-3-1-2-4-12-24)22-15-17-5-7-19(8-6-17)23-13-9-18(16-25)10-14-23;/h5-8,18,25H,1-4,9-16H2,(H2,21,22);1H. The lowest BCUT2D eigenvalue weighted by Gasteiger charge is -2.32. The zero-order valence-electron chi connectivity index (χ0n) is 15.6. The smallest absolute Gasteiger partial charge is 0.191 e. The molecule has 3 rings (SSSR count). The molecule has 0 unspecified atom stereocenters. The van der Waals surface area contributed by atoms with Gasteiger partial charge in [-0.3, -0.25) is 0 Å². The van der Waals surface area contributed by atoms with Gasteiger partial charge in [0.05, 0.1) is 6.54 Å². The van der Waals surface area contributed by atoms with Gasteiger partial charge < -0.3 is 20.6 Å². The summed E-state index contributed by atoms with van der Waals surface area (Å²) in [5.74, 6) is 1.17. The van der Waals surface area contributed by atoms with Gasteiger partial charge >= 0.3 is 0 Å². The molecule has 26 heavy (non-hydrogen) atoms. The first-order valence-electron chi connectivity index (χ1n) is 9.76. The molecule has 0 saturated carbocycles. The van der Waals surface area contributed by atoms with Crippen LogP contribution in [0.3, 0.4) is 0 Å². The topological polar surface area (TPSA) is 65.1 Å². The van der Waals surface area contributed by atoms with Crippen molar-refractivity contribution >= 4 is 35.6 Å². The van der Waals surface area contributed by atoms with Crippen LogP contribution in [0.4, 0.5) is 5.69 Å². The number of aliphatic hydroxyl groups is 1. The van der Waals surface area contributed by atoms with Gasteiger partial charge in [-0.15, -0.1) is 24.0 Å². The van der Waals surface area contributed by atoms with Crippen LogP contribution in [-0.4, -0.2) is 48.8 Å². The van der Waals surface area contributed by atoms with Crippen LogP contribution in [0.5, 0.6) is 0 Å². The summed E-state index contributed by atoms with van der Waals surface area (Å²) in [5.41, 5.74) is 8.65. The Bertz CT molecular complexity index is 547. The number of hydrogen-bond acceptors (Lipinski definition) is 3. The third-order valence-electron chi connectivity index (χ3n) is 5.53. The van der Waals surface area contributed by atoms with E-state index >= 15 is 0 Å². The van der Waals surface area contributed by atoms with E-state index in [1.54, 1.807) is 0 Å². The fourth-order valence-electron chi connectivity index (χ4n) is 3.76. The van der Waals surface area contributed by atoms with E-state index in [1.165, 1.54) is 36.9 Å². The number of guanidine groups is 1. The van der Waals surface area contributed by atoms with Crippen molar-refractivity contribution in [1.82, 2.24) is 4.90 Å². The lowest BCUT2D eigenvalue weighted by molar-refractivity contribution is 0.203. The highest BCUT2D eigenvalue weighted by Gasteiger charge is 2.18. The second-order valence-electron chi connectivity index (χ2n) is 7.36. The maximum atomic E-state index is 9.25. The maximum Gasteiger partial charge on any atom is 0.191 e. The summed E-state index contributed by atoms with van der Waals surface area (Å²) in [4.78, 5) is 9.24. The van der Waals surface area contributed by atoms with Gasteiger partial charge in [-0.1, -0.05) is 25.0 Å². The Morgan fingerprint density at radius 2 is 1.62 bits per heavy atom. The molecule has 0 spiro atoms. The molecule has 2 saturated heterocycles. The first kappa shape index (κ1) is 21.3. The van der Waals surface area contributed by atoms with Crippen LogP contribution >= 0.6 is 24.0 Å². The molecule has 0 amide bonds. The maximum absolute atomic E-state index is 9.25. The van der Waals surface area contributed by atoms with Crippen LogP contribution in [0, 0.1) is 5.92 Å². The zero-order valence-corrected chi connectivity index (χ0v) is 18.0. The summed E-state index contributed by atoms with van der Waals surface area (Å²) in [6, 6.07) is 8.69. The summed E-state index contributed by atoms with van der Waals surface area (Å²) >= 11 is 0. The van der Waals surface area contributed by atoms with E-state index in [0.717, 1.165) is 39.0 Å². The highest BCUT2D eigenvalue weighted by molar-refractivity contribution is 14.0. The van der Waals surface area contributed by atoms with E-state index in [2.05, 4.69) is 39.1 Å². The molecule has 0 radical (unpaired) electrons. The number of hydrogen-bond donors (Lipinski definition) is 2. The second kappa shape index (κ2) is 11.0. The number of nitrogens with zero attached hydrogens (tertiary/aromatic N) is 3. The molecule has 2 fully saturated rings. The van der Waals surface area contributed by atoms with E-state index < -0.39 is 0 Å². The number of aliphatic hydroxyl groups excluding tert-OH is 1. The quantitative estimate of drug-likeness (QED) is 0.402. The molecule has 2 aliphatic rings. The number of piperidine rings is 1. The summed E-state index contributed by atoms with van der Waals surface area (Å²) in [5, 5.41) is 9.25. The molecular formula is C20H33IN4O. The lowest BCUT2D eigenvalue weighted by Crippen LogP contribution is -2.38. The Kier molecular flexibility index (Phi) is 8.98. The van der Waals surface area contributed by atoms with Gasteiger partial charge in [0.15, 0.2) is 5.96 Å². The second-order valence-corrected chi connectivity index (χ2v) is 7.36. The Labute approximate surface area is 174 Å². The SMILES string of the molecule is I.NC(=NCc1ccc(N2CCC(CO)CC2)cc1)N1CCCCCC1. The van der Waals surface area contributed by atoms with Crippen molar-refractivity contribution in [3.8, 4) is 0 Å². The molecular weight excluding hydrogens is 439 g/mol. The molecule has 146 valence electrons. The monoisotopic (exact) mass is 472 g/mol. The molecule has 0 aliphatic carbocycles. The predicted octanol–water partition coefficient (Wildman–Crippen LogP) is 3.20. The minimum atomic E-state index is 0. The van der Waals surface area contributed by atoms with Gasteiger partial charge in [-0.2, -0.15) is 0 Å². The van der Waals surface area contributed by atoms with E-state index in [1.807, 2.05) is 0 Å². The third-order valence-corrected chi connectivity index (χ3v) is 5.53. The Balaban J connectivity index is 0.00000243. The molecule has 0 aromatic heterocycles. The van der Waals surface area contributed by atoms with E-state index in [-0.39, 0.29) is 24.0 Å². The fraction of sp³-hybridized carbons (Fsp3) is 0.650. The molecule has 1 aromatic rings. The van der Waals surface area contributed by atoms with Gasteiger partial charge in [0.2, 0.25) is 0 Å². The van der Waals surface area contributed by atoms with E-state index in [4.69, 9.17) is 5.73 Å². The van der Waals surface area contributed by atoms with Crippen LogP contribution in [0.1, 0.15) is 44.1 Å². The number of anilines is 1. The highest BCUT2D eigenvalue weighted by atomic mass is 127. The third kappa shape index (κ3) is 6.01. The van der Waals surface area contributed by atoms with Crippen molar-refractivity contribution in [2.45, 2.75) is 45.1 Å². The minimum Gasteiger partial charge on any atom is -0.396 e. The van der Waals surface area contributed by atoms with Crippen molar-refractivity contribution in [3.63, 3.8) is 0 Å². The molecule has 0 bridgehead atoms. The van der Waals surface area contributed by atoms with Gasteiger partial charge in [-0.25, -0.2) is 4.99 Å². The summed E-state index contributed by atoms with van der Waals surface area (Å²) in [7, 11) is 0. The predicted molar refractivity (Wildman–Crippen MR) is 119 cm³/mol. The zero-order chi connectivity index (χ0) is 17.5. The van der Waals surface area contributed by atoms with Gasteiger partial charge in [-0.05, 0) is 49.3 Å². The summed E-state index contributed by atoms with van der Waals surface area (Å²) in [6.45, 7) is 5.11. The van der Waals surface area contributed by atoms with Crippen LogP contribution in [0.15, 0.2) is 29.3 Å². The van der Waals surface area contributed by atoms with Crippen molar-refractivity contribution in [2.24, 2.45) is 16.6 Å². The number of halogens is 1. The van der Waals surface area contributed by atoms with Gasteiger partial charge in [0.1, 0.15) is 0 Å². The Hall–Kier alpha value is -1.02. The number of likely N-dealkylation sites (tertiary alicyclic amines) is 1. The largest absolute Gasteiger partial charge is 0.396 e. The van der Waals surface area contributed by atoms with Crippen LogP contribution < -0.4 is 10.6 Å². The average Bonchev–Trinajstić information content (AvgIpc) is 2.96. The van der Waals surface area contributed by atoms with E-state index in [9.17, 15) is 5.11 Å².